The van der Waals surface area contributed by atoms with Gasteiger partial charge in [0, 0.05) is 12.1 Å². The largest absolute Gasteiger partial charge is 0.517 e. The van der Waals surface area contributed by atoms with Crippen LogP contribution in [-0.4, -0.2) is 28.5 Å². The van der Waals surface area contributed by atoms with Crippen LogP contribution in [0.5, 0.6) is 11.5 Å². The van der Waals surface area contributed by atoms with Gasteiger partial charge in [-0.05, 0) is 43.4 Å². The van der Waals surface area contributed by atoms with Gasteiger partial charge in [-0.25, -0.2) is 4.79 Å². The molecule has 19 heavy (non-hydrogen) atoms. The topological polar surface area (TPSA) is 44.8 Å². The van der Waals surface area contributed by atoms with Crippen molar-refractivity contribution in [3.63, 3.8) is 0 Å². The fourth-order valence-corrected chi connectivity index (χ4v) is 2.10. The fraction of sp³-hybridized carbons (Fsp3) is 0.357. The second kappa shape index (κ2) is 6.42. The van der Waals surface area contributed by atoms with Gasteiger partial charge >= 0.3 is 5.97 Å². The lowest BCUT2D eigenvalue weighted by Crippen LogP contribution is -2.28. The van der Waals surface area contributed by atoms with Crippen molar-refractivity contribution in [3.8, 4) is 11.5 Å². The van der Waals surface area contributed by atoms with Gasteiger partial charge < -0.3 is 13.9 Å². The maximum absolute atomic E-state index is 11.6. The quantitative estimate of drug-likeness (QED) is 0.614. The van der Waals surface area contributed by atoms with Crippen molar-refractivity contribution in [1.82, 2.24) is 0 Å². The molecule has 0 saturated heterocycles. The number of benzene rings is 1. The molecule has 0 amide bonds. The molecule has 0 N–H and O–H groups in total. The third-order valence-electron chi connectivity index (χ3n) is 2.19. The smallest absolute Gasteiger partial charge is 0.317 e. The summed E-state index contributed by atoms with van der Waals surface area (Å²) in [6.07, 6.45) is 3.11. The van der Waals surface area contributed by atoms with Crippen LogP contribution in [0, 0.1) is 0 Å². The third-order valence-corrected chi connectivity index (χ3v) is 3.01. The van der Waals surface area contributed by atoms with Gasteiger partial charge in [0.1, 0.15) is 11.5 Å². The van der Waals surface area contributed by atoms with Crippen molar-refractivity contribution >= 4 is 20.4 Å². The lowest BCUT2D eigenvalue weighted by Gasteiger charge is -2.15. The van der Waals surface area contributed by atoms with E-state index in [1.165, 1.54) is 6.08 Å². The van der Waals surface area contributed by atoms with Gasteiger partial charge in [-0.1, -0.05) is 0 Å². The standard InChI is InChI=1S/C14H20O4Si/c1-16-12-8-11(9-13(10-12)17-2)6-7-14(15)18-19(3,4)5/h6-10H,1-5H3/b7-6+. The normalized spacial score (nSPS) is 11.4. The molecule has 5 heteroatoms. The summed E-state index contributed by atoms with van der Waals surface area (Å²) < 4.78 is 15.6. The molecule has 0 saturated carbocycles. The summed E-state index contributed by atoms with van der Waals surface area (Å²) >= 11 is 0. The van der Waals surface area contributed by atoms with Gasteiger partial charge in [-0.2, -0.15) is 0 Å². The van der Waals surface area contributed by atoms with Crippen LogP contribution in [0.3, 0.4) is 0 Å². The van der Waals surface area contributed by atoms with E-state index in [4.69, 9.17) is 13.9 Å². The summed E-state index contributed by atoms with van der Waals surface area (Å²) in [5.41, 5.74) is 0.823. The Morgan fingerprint density at radius 3 is 2.00 bits per heavy atom. The van der Waals surface area contributed by atoms with Crippen LogP contribution in [0.4, 0.5) is 0 Å². The maximum atomic E-state index is 11.6. The van der Waals surface area contributed by atoms with E-state index in [0.717, 1.165) is 5.56 Å². The number of carbonyl (C=O) groups is 1. The van der Waals surface area contributed by atoms with Crippen LogP contribution >= 0.6 is 0 Å². The van der Waals surface area contributed by atoms with E-state index in [2.05, 4.69) is 0 Å². The second-order valence-electron chi connectivity index (χ2n) is 5.01. The first-order valence-corrected chi connectivity index (χ1v) is 9.39. The lowest BCUT2D eigenvalue weighted by atomic mass is 10.2. The Morgan fingerprint density at radius 2 is 1.58 bits per heavy atom. The lowest BCUT2D eigenvalue weighted by molar-refractivity contribution is -0.129. The number of rotatable bonds is 5. The zero-order chi connectivity index (χ0) is 14.5. The van der Waals surface area contributed by atoms with Crippen LogP contribution in [0.25, 0.3) is 6.08 Å². The van der Waals surface area contributed by atoms with Crippen molar-refractivity contribution in [2.75, 3.05) is 14.2 Å². The average molecular weight is 280 g/mol. The molecular weight excluding hydrogens is 260 g/mol. The van der Waals surface area contributed by atoms with Crippen molar-refractivity contribution in [2.24, 2.45) is 0 Å². The Kier molecular flexibility index (Phi) is 5.17. The minimum Gasteiger partial charge on any atom is -0.517 e. The first-order chi connectivity index (χ1) is 8.84. The van der Waals surface area contributed by atoms with E-state index in [1.54, 1.807) is 26.4 Å². The number of carbonyl (C=O) groups excluding carboxylic acids is 1. The van der Waals surface area contributed by atoms with Gasteiger partial charge in [0.05, 0.1) is 14.2 Å². The molecule has 1 aromatic rings. The van der Waals surface area contributed by atoms with Gasteiger partial charge in [0.25, 0.3) is 0 Å². The van der Waals surface area contributed by atoms with Gasteiger partial charge in [0.15, 0.2) is 0 Å². The van der Waals surface area contributed by atoms with Crippen LogP contribution in [0.15, 0.2) is 24.3 Å². The molecule has 104 valence electrons. The van der Waals surface area contributed by atoms with Crippen molar-refractivity contribution in [2.45, 2.75) is 19.6 Å². The molecule has 0 fully saturated rings. The Labute approximate surface area is 115 Å². The molecule has 1 aromatic carbocycles. The average Bonchev–Trinajstić information content (AvgIpc) is 2.33. The minimum absolute atomic E-state index is 0.319. The van der Waals surface area contributed by atoms with E-state index in [9.17, 15) is 4.79 Å². The summed E-state index contributed by atoms with van der Waals surface area (Å²) in [4.78, 5) is 11.6. The van der Waals surface area contributed by atoms with Gasteiger partial charge in [-0.3, -0.25) is 0 Å². The molecular formula is C14H20O4Si. The monoisotopic (exact) mass is 280 g/mol. The molecule has 0 bridgehead atoms. The van der Waals surface area contributed by atoms with E-state index < -0.39 is 8.32 Å². The highest BCUT2D eigenvalue weighted by molar-refractivity contribution is 6.71. The fourth-order valence-electron chi connectivity index (χ4n) is 1.43. The summed E-state index contributed by atoms with van der Waals surface area (Å²) in [5.74, 6) is 1.04. The highest BCUT2D eigenvalue weighted by atomic mass is 28.4. The molecule has 0 unspecified atom stereocenters. The summed E-state index contributed by atoms with van der Waals surface area (Å²) in [5, 5.41) is 0. The molecule has 0 aliphatic heterocycles. The molecule has 4 nitrogen and oxygen atoms in total. The summed E-state index contributed by atoms with van der Waals surface area (Å²) in [7, 11) is 1.33. The zero-order valence-electron chi connectivity index (χ0n) is 12.0. The van der Waals surface area contributed by atoms with Crippen molar-refractivity contribution in [3.05, 3.63) is 29.8 Å². The summed E-state index contributed by atoms with van der Waals surface area (Å²) in [6.45, 7) is 5.90. The van der Waals surface area contributed by atoms with Gasteiger partial charge in [-0.15, -0.1) is 0 Å². The first-order valence-electron chi connectivity index (χ1n) is 5.98. The first kappa shape index (κ1) is 15.3. The minimum atomic E-state index is -1.84. The molecule has 0 radical (unpaired) electrons. The van der Waals surface area contributed by atoms with E-state index >= 15 is 0 Å². The molecule has 0 aliphatic rings. The number of hydrogen-bond donors (Lipinski definition) is 0. The number of methoxy groups -OCH3 is 2. The van der Waals surface area contributed by atoms with Crippen LogP contribution in [-0.2, 0) is 9.22 Å². The Bertz CT molecular complexity index is 453. The van der Waals surface area contributed by atoms with Crippen LogP contribution in [0.2, 0.25) is 19.6 Å². The number of hydrogen-bond acceptors (Lipinski definition) is 4. The Balaban J connectivity index is 2.84. The molecule has 0 atom stereocenters. The SMILES string of the molecule is COc1cc(/C=C/C(=O)O[Si](C)(C)C)cc(OC)c1. The van der Waals surface area contributed by atoms with Crippen molar-refractivity contribution < 1.29 is 18.7 Å². The maximum Gasteiger partial charge on any atom is 0.317 e. The molecule has 0 spiro atoms. The zero-order valence-corrected chi connectivity index (χ0v) is 13.0. The third kappa shape index (κ3) is 5.61. The Morgan fingerprint density at radius 1 is 1.05 bits per heavy atom. The van der Waals surface area contributed by atoms with E-state index in [1.807, 2.05) is 31.8 Å². The van der Waals surface area contributed by atoms with Crippen LogP contribution in [0.1, 0.15) is 5.56 Å². The predicted molar refractivity (Wildman–Crippen MR) is 78.0 cm³/mol. The predicted octanol–water partition coefficient (Wildman–Crippen LogP) is 3.10. The van der Waals surface area contributed by atoms with E-state index in [0.29, 0.717) is 11.5 Å². The molecule has 1 rings (SSSR count). The van der Waals surface area contributed by atoms with Crippen molar-refractivity contribution in [1.29, 1.82) is 0 Å². The van der Waals surface area contributed by atoms with Gasteiger partial charge in [0.2, 0.25) is 8.32 Å². The van der Waals surface area contributed by atoms with E-state index in [-0.39, 0.29) is 5.97 Å². The summed E-state index contributed by atoms with van der Waals surface area (Å²) in [6, 6.07) is 5.42. The Hall–Kier alpha value is -1.75. The highest BCUT2D eigenvalue weighted by Crippen LogP contribution is 2.23. The molecule has 0 aliphatic carbocycles. The molecule has 0 aromatic heterocycles. The second-order valence-corrected chi connectivity index (χ2v) is 9.44. The molecule has 0 heterocycles. The highest BCUT2D eigenvalue weighted by Gasteiger charge is 2.18. The van der Waals surface area contributed by atoms with Crippen LogP contribution < -0.4 is 9.47 Å². The number of ether oxygens (including phenoxy) is 2.